The summed E-state index contributed by atoms with van der Waals surface area (Å²) in [6, 6.07) is 17.9. The molecule has 1 fully saturated rings. The van der Waals surface area contributed by atoms with Crippen molar-refractivity contribution in [1.82, 2.24) is 5.32 Å². The lowest BCUT2D eigenvalue weighted by Gasteiger charge is -2.17. The first-order valence-corrected chi connectivity index (χ1v) is 7.98. The number of thioether (sulfide) groups is 1. The molecule has 1 atom stereocenters. The second-order valence-corrected chi connectivity index (χ2v) is 6.44. The van der Waals surface area contributed by atoms with Gasteiger partial charge in [0.25, 0.3) is 0 Å². The van der Waals surface area contributed by atoms with Crippen LogP contribution in [0.25, 0.3) is 0 Å². The summed E-state index contributed by atoms with van der Waals surface area (Å²) in [6.07, 6.45) is 2.19. The molecule has 0 radical (unpaired) electrons. The van der Waals surface area contributed by atoms with Crippen LogP contribution in [0.4, 0.5) is 5.69 Å². The Balaban J connectivity index is 1.80. The molecule has 3 nitrogen and oxygen atoms in total. The summed E-state index contributed by atoms with van der Waals surface area (Å²) in [6.45, 7) is 0. The number of hydrogen-bond donors (Lipinski definition) is 2. The number of hydrogen-bond acceptors (Lipinski definition) is 3. The smallest absolute Gasteiger partial charge is 0.238 e. The van der Waals surface area contributed by atoms with E-state index in [1.807, 2.05) is 54.6 Å². The predicted molar refractivity (Wildman–Crippen MR) is 87.1 cm³/mol. The zero-order valence-corrected chi connectivity index (χ0v) is 12.5. The fourth-order valence-corrected chi connectivity index (χ4v) is 3.12. The van der Waals surface area contributed by atoms with E-state index in [1.54, 1.807) is 11.8 Å². The van der Waals surface area contributed by atoms with E-state index in [0.717, 1.165) is 29.0 Å². The van der Waals surface area contributed by atoms with Gasteiger partial charge in [-0.1, -0.05) is 30.3 Å². The molecular formula is C17H18N2OS. The van der Waals surface area contributed by atoms with Gasteiger partial charge in [0.1, 0.15) is 5.25 Å². The van der Waals surface area contributed by atoms with Crippen molar-refractivity contribution < 1.29 is 4.79 Å². The predicted octanol–water partition coefficient (Wildman–Crippen LogP) is 3.38. The molecule has 3 N–H and O–H groups in total. The van der Waals surface area contributed by atoms with Crippen LogP contribution in [0.1, 0.15) is 23.7 Å². The molecule has 2 aromatic rings. The van der Waals surface area contributed by atoms with Crippen LogP contribution >= 0.6 is 11.8 Å². The average Bonchev–Trinajstić information content (AvgIpc) is 3.31. The van der Waals surface area contributed by atoms with E-state index in [9.17, 15) is 4.79 Å². The third-order valence-electron chi connectivity index (χ3n) is 3.40. The lowest BCUT2D eigenvalue weighted by atomic mass is 10.1. The Kier molecular flexibility index (Phi) is 4.15. The maximum Gasteiger partial charge on any atom is 0.238 e. The first kappa shape index (κ1) is 14.0. The van der Waals surface area contributed by atoms with Gasteiger partial charge in [0.15, 0.2) is 0 Å². The van der Waals surface area contributed by atoms with Gasteiger partial charge in [-0.15, -0.1) is 11.8 Å². The van der Waals surface area contributed by atoms with Crippen molar-refractivity contribution in [2.75, 3.05) is 5.73 Å². The van der Waals surface area contributed by atoms with Crippen LogP contribution in [0.3, 0.4) is 0 Å². The molecule has 21 heavy (non-hydrogen) atoms. The topological polar surface area (TPSA) is 55.1 Å². The lowest BCUT2D eigenvalue weighted by molar-refractivity contribution is -0.120. The van der Waals surface area contributed by atoms with Gasteiger partial charge in [0.2, 0.25) is 5.91 Å². The highest BCUT2D eigenvalue weighted by molar-refractivity contribution is 8.00. The molecule has 1 saturated carbocycles. The highest BCUT2D eigenvalue weighted by Gasteiger charge is 2.28. The Labute approximate surface area is 128 Å². The quantitative estimate of drug-likeness (QED) is 0.657. The monoisotopic (exact) mass is 298 g/mol. The van der Waals surface area contributed by atoms with Crippen molar-refractivity contribution in [2.24, 2.45) is 0 Å². The molecule has 0 spiro atoms. The summed E-state index contributed by atoms with van der Waals surface area (Å²) in [5.41, 5.74) is 7.47. The number of nitrogens with one attached hydrogen (secondary N) is 1. The SMILES string of the molecule is Nc1ccc(SC(C(=O)NC2CC2)c2ccccc2)cc1. The van der Waals surface area contributed by atoms with E-state index in [4.69, 9.17) is 5.73 Å². The van der Waals surface area contributed by atoms with Gasteiger partial charge < -0.3 is 11.1 Å². The van der Waals surface area contributed by atoms with Gasteiger partial charge >= 0.3 is 0 Å². The summed E-state index contributed by atoms with van der Waals surface area (Å²) < 4.78 is 0. The zero-order valence-electron chi connectivity index (χ0n) is 11.7. The van der Waals surface area contributed by atoms with E-state index in [-0.39, 0.29) is 11.2 Å². The Hall–Kier alpha value is -1.94. The summed E-state index contributed by atoms with van der Waals surface area (Å²) in [4.78, 5) is 13.6. The summed E-state index contributed by atoms with van der Waals surface area (Å²) in [7, 11) is 0. The molecule has 1 unspecified atom stereocenters. The van der Waals surface area contributed by atoms with Crippen molar-refractivity contribution in [3.8, 4) is 0 Å². The number of anilines is 1. The fraction of sp³-hybridized carbons (Fsp3) is 0.235. The molecule has 0 aromatic heterocycles. The normalized spacial score (nSPS) is 15.4. The highest BCUT2D eigenvalue weighted by Crippen LogP contribution is 2.36. The zero-order chi connectivity index (χ0) is 14.7. The molecule has 0 bridgehead atoms. The molecule has 2 aromatic carbocycles. The van der Waals surface area contributed by atoms with Crippen LogP contribution in [0, 0.1) is 0 Å². The Morgan fingerprint density at radius 2 is 1.76 bits per heavy atom. The van der Waals surface area contributed by atoms with Crippen molar-refractivity contribution in [3.05, 3.63) is 60.2 Å². The molecule has 4 heteroatoms. The minimum atomic E-state index is -0.226. The molecule has 1 amide bonds. The van der Waals surface area contributed by atoms with Gasteiger partial charge in [0.05, 0.1) is 0 Å². The number of carbonyl (C=O) groups is 1. The molecule has 1 aliphatic carbocycles. The van der Waals surface area contributed by atoms with Crippen molar-refractivity contribution in [3.63, 3.8) is 0 Å². The summed E-state index contributed by atoms with van der Waals surface area (Å²) in [5, 5.41) is 2.87. The number of nitrogens with two attached hydrogens (primary N) is 1. The van der Waals surface area contributed by atoms with Crippen LogP contribution in [-0.2, 0) is 4.79 Å². The van der Waals surface area contributed by atoms with Gasteiger partial charge in [0, 0.05) is 16.6 Å². The highest BCUT2D eigenvalue weighted by atomic mass is 32.2. The molecular weight excluding hydrogens is 280 g/mol. The maximum absolute atomic E-state index is 12.5. The minimum Gasteiger partial charge on any atom is -0.399 e. The molecule has 3 rings (SSSR count). The average molecular weight is 298 g/mol. The van der Waals surface area contributed by atoms with Crippen LogP contribution in [-0.4, -0.2) is 11.9 Å². The third-order valence-corrected chi connectivity index (χ3v) is 4.66. The lowest BCUT2D eigenvalue weighted by Crippen LogP contribution is -2.29. The standard InChI is InChI=1S/C17H18N2OS/c18-13-6-10-15(11-7-13)21-16(12-4-2-1-3-5-12)17(20)19-14-8-9-14/h1-7,10-11,14,16H,8-9,18H2,(H,19,20). The van der Waals surface area contributed by atoms with Crippen LogP contribution in [0.5, 0.6) is 0 Å². The Morgan fingerprint density at radius 3 is 2.38 bits per heavy atom. The molecule has 0 aliphatic heterocycles. The second-order valence-electron chi connectivity index (χ2n) is 5.26. The minimum absolute atomic E-state index is 0.0884. The van der Waals surface area contributed by atoms with Gasteiger partial charge in [-0.2, -0.15) is 0 Å². The van der Waals surface area contributed by atoms with E-state index < -0.39 is 0 Å². The van der Waals surface area contributed by atoms with Gasteiger partial charge in [-0.3, -0.25) is 4.79 Å². The number of amides is 1. The maximum atomic E-state index is 12.5. The molecule has 1 aliphatic rings. The fourth-order valence-electron chi connectivity index (χ4n) is 2.09. The Morgan fingerprint density at radius 1 is 1.10 bits per heavy atom. The number of rotatable bonds is 5. The number of nitrogen functional groups attached to an aromatic ring is 1. The number of carbonyl (C=O) groups excluding carboxylic acids is 1. The van der Waals surface area contributed by atoms with Crippen LogP contribution in [0.2, 0.25) is 0 Å². The first-order chi connectivity index (χ1) is 10.2. The third kappa shape index (κ3) is 3.79. The van der Waals surface area contributed by atoms with Crippen molar-refractivity contribution >= 4 is 23.4 Å². The summed E-state index contributed by atoms with van der Waals surface area (Å²) >= 11 is 1.56. The van der Waals surface area contributed by atoms with E-state index in [2.05, 4.69) is 5.32 Å². The largest absolute Gasteiger partial charge is 0.399 e. The second kappa shape index (κ2) is 6.22. The van der Waals surface area contributed by atoms with Crippen LogP contribution < -0.4 is 11.1 Å². The number of benzene rings is 2. The van der Waals surface area contributed by atoms with E-state index >= 15 is 0 Å². The van der Waals surface area contributed by atoms with E-state index in [1.165, 1.54) is 0 Å². The molecule has 0 saturated heterocycles. The molecule has 108 valence electrons. The first-order valence-electron chi connectivity index (χ1n) is 7.10. The molecule has 0 heterocycles. The van der Waals surface area contributed by atoms with Crippen molar-refractivity contribution in [1.29, 1.82) is 0 Å². The van der Waals surface area contributed by atoms with Gasteiger partial charge in [-0.25, -0.2) is 0 Å². The van der Waals surface area contributed by atoms with Gasteiger partial charge in [-0.05, 0) is 42.7 Å². The van der Waals surface area contributed by atoms with Crippen LogP contribution in [0.15, 0.2) is 59.5 Å². The van der Waals surface area contributed by atoms with E-state index in [0.29, 0.717) is 6.04 Å². The summed E-state index contributed by atoms with van der Waals surface area (Å²) in [5.74, 6) is 0.0884. The Bertz CT molecular complexity index is 608. The van der Waals surface area contributed by atoms with Crippen molar-refractivity contribution in [2.45, 2.75) is 29.0 Å².